The predicted octanol–water partition coefficient (Wildman–Crippen LogP) is 4.46. The molecule has 0 radical (unpaired) electrons. The molecule has 4 rings (SSSR count). The zero-order chi connectivity index (χ0) is 17.9. The molecule has 3 aromatic rings. The number of aromatic nitrogens is 2. The van der Waals surface area contributed by atoms with Gasteiger partial charge in [-0.15, -0.1) is 0 Å². The van der Waals surface area contributed by atoms with Crippen LogP contribution in [-0.4, -0.2) is 48.1 Å². The van der Waals surface area contributed by atoms with E-state index in [0.717, 1.165) is 52.0 Å². The Labute approximate surface area is 165 Å². The molecule has 7 heteroatoms. The maximum Gasteiger partial charge on any atom is 0.188 e. The summed E-state index contributed by atoms with van der Waals surface area (Å²) in [6.07, 6.45) is 3.76. The van der Waals surface area contributed by atoms with Gasteiger partial charge >= 0.3 is 0 Å². The fourth-order valence-corrected chi connectivity index (χ4v) is 4.18. The van der Waals surface area contributed by atoms with E-state index in [-0.39, 0.29) is 0 Å². The van der Waals surface area contributed by atoms with Crippen LogP contribution in [0.5, 0.6) is 0 Å². The topological polar surface area (TPSA) is 44.3 Å². The van der Waals surface area contributed by atoms with E-state index in [0.29, 0.717) is 0 Å². The summed E-state index contributed by atoms with van der Waals surface area (Å²) in [5, 5.41) is 4.19. The van der Waals surface area contributed by atoms with Crippen molar-refractivity contribution in [2.45, 2.75) is 0 Å². The monoisotopic (exact) mass is 429 g/mol. The average Bonchev–Trinajstić information content (AvgIpc) is 3.11. The first-order valence-corrected chi connectivity index (χ1v) is 10.2. The first kappa shape index (κ1) is 17.5. The molecule has 2 aromatic heterocycles. The molecule has 1 fully saturated rings. The third kappa shape index (κ3) is 4.06. The molecule has 1 aliphatic heterocycles. The number of anilines is 3. The number of benzene rings is 1. The zero-order valence-electron chi connectivity index (χ0n) is 14.5. The van der Waals surface area contributed by atoms with Crippen molar-refractivity contribution in [2.75, 3.05) is 43.4 Å². The molecule has 0 amide bonds. The van der Waals surface area contributed by atoms with E-state index in [1.54, 1.807) is 11.3 Å². The summed E-state index contributed by atoms with van der Waals surface area (Å²) in [6, 6.07) is 12.4. The molecular formula is C19H20BrN5S. The molecule has 134 valence electrons. The molecule has 0 bridgehead atoms. The molecule has 26 heavy (non-hydrogen) atoms. The van der Waals surface area contributed by atoms with Gasteiger partial charge in [0.15, 0.2) is 5.13 Å². The Morgan fingerprint density at radius 1 is 1.08 bits per heavy atom. The highest BCUT2D eigenvalue weighted by Gasteiger charge is 2.15. The van der Waals surface area contributed by atoms with Gasteiger partial charge in [0, 0.05) is 54.8 Å². The summed E-state index contributed by atoms with van der Waals surface area (Å²) < 4.78 is 1.07. The van der Waals surface area contributed by atoms with E-state index >= 15 is 0 Å². The van der Waals surface area contributed by atoms with Gasteiger partial charge in [-0.3, -0.25) is 0 Å². The first-order chi connectivity index (χ1) is 12.7. The Morgan fingerprint density at radius 2 is 1.92 bits per heavy atom. The van der Waals surface area contributed by atoms with Crippen molar-refractivity contribution in [3.05, 3.63) is 53.3 Å². The Morgan fingerprint density at radius 3 is 2.73 bits per heavy atom. The molecule has 0 aliphatic carbocycles. The maximum absolute atomic E-state index is 4.50. The Bertz CT molecular complexity index is 889. The summed E-state index contributed by atoms with van der Waals surface area (Å²) in [6.45, 7) is 4.27. The van der Waals surface area contributed by atoms with Crippen LogP contribution in [0.15, 0.2) is 53.3 Å². The fourth-order valence-electron chi connectivity index (χ4n) is 2.97. The third-order valence-electron chi connectivity index (χ3n) is 4.46. The number of rotatable bonds is 4. The van der Waals surface area contributed by atoms with Gasteiger partial charge in [0.2, 0.25) is 0 Å². The molecule has 1 N–H and O–H groups in total. The quantitative estimate of drug-likeness (QED) is 0.662. The van der Waals surface area contributed by atoms with Gasteiger partial charge in [-0.1, -0.05) is 39.4 Å². The minimum atomic E-state index is 0.830. The zero-order valence-corrected chi connectivity index (χ0v) is 16.9. The van der Waals surface area contributed by atoms with Crippen molar-refractivity contribution in [2.24, 2.45) is 0 Å². The van der Waals surface area contributed by atoms with Crippen molar-refractivity contribution >= 4 is 43.9 Å². The van der Waals surface area contributed by atoms with E-state index in [9.17, 15) is 0 Å². The molecule has 0 unspecified atom stereocenters. The van der Waals surface area contributed by atoms with E-state index in [1.165, 1.54) is 5.69 Å². The summed E-state index contributed by atoms with van der Waals surface area (Å²) in [7, 11) is 2.17. The summed E-state index contributed by atoms with van der Waals surface area (Å²) in [4.78, 5) is 14.8. The van der Waals surface area contributed by atoms with E-state index in [1.807, 2.05) is 24.5 Å². The normalized spacial score (nSPS) is 15.2. The lowest BCUT2D eigenvalue weighted by Gasteiger charge is -2.34. The number of halogens is 1. The highest BCUT2D eigenvalue weighted by molar-refractivity contribution is 9.10. The lowest BCUT2D eigenvalue weighted by molar-refractivity contribution is 0.313. The molecule has 1 saturated heterocycles. The maximum atomic E-state index is 4.50. The summed E-state index contributed by atoms with van der Waals surface area (Å²) in [5.41, 5.74) is 2.36. The van der Waals surface area contributed by atoms with Crippen LogP contribution in [0.4, 0.5) is 16.6 Å². The van der Waals surface area contributed by atoms with Gasteiger partial charge < -0.3 is 15.1 Å². The molecular weight excluding hydrogens is 410 g/mol. The molecule has 5 nitrogen and oxygen atoms in total. The summed E-state index contributed by atoms with van der Waals surface area (Å²) in [5.74, 6) is 0.830. The number of likely N-dealkylation sites (N-methyl/N-ethyl adjacent to an activating group) is 1. The Balaban J connectivity index is 1.49. The van der Waals surface area contributed by atoms with Gasteiger partial charge in [-0.25, -0.2) is 9.97 Å². The number of thiazole rings is 1. The second-order valence-electron chi connectivity index (χ2n) is 6.35. The predicted molar refractivity (Wildman–Crippen MR) is 112 cm³/mol. The van der Waals surface area contributed by atoms with Crippen molar-refractivity contribution in [3.63, 3.8) is 0 Å². The van der Waals surface area contributed by atoms with E-state index in [4.69, 9.17) is 0 Å². The molecule has 3 heterocycles. The van der Waals surface area contributed by atoms with Gasteiger partial charge in [0.25, 0.3) is 0 Å². The SMILES string of the molecule is CN1CCN(c2ccnc(Nc3ncc(-c4cccc(Br)c4)s3)c2)CC1. The van der Waals surface area contributed by atoms with Gasteiger partial charge in [-0.2, -0.15) is 0 Å². The van der Waals surface area contributed by atoms with E-state index < -0.39 is 0 Å². The van der Waals surface area contributed by atoms with Crippen molar-refractivity contribution in [3.8, 4) is 10.4 Å². The second kappa shape index (κ2) is 7.73. The number of hydrogen-bond acceptors (Lipinski definition) is 6. The third-order valence-corrected chi connectivity index (χ3v) is 5.92. The van der Waals surface area contributed by atoms with Crippen LogP contribution in [-0.2, 0) is 0 Å². The van der Waals surface area contributed by atoms with Crippen LogP contribution < -0.4 is 10.2 Å². The standard InChI is InChI=1S/C19H20BrN5S/c1-24-7-9-25(10-8-24)16-5-6-21-18(12-16)23-19-22-13-17(26-19)14-3-2-4-15(20)11-14/h2-6,11-13H,7-10H2,1H3,(H,21,22,23). The molecule has 0 spiro atoms. The van der Waals surface area contributed by atoms with Gasteiger partial charge in [0.05, 0.1) is 4.88 Å². The second-order valence-corrected chi connectivity index (χ2v) is 8.30. The number of pyridine rings is 1. The fraction of sp³-hybridized carbons (Fsp3) is 0.263. The minimum absolute atomic E-state index is 0.830. The van der Waals surface area contributed by atoms with Crippen LogP contribution in [0.25, 0.3) is 10.4 Å². The number of nitrogens with zero attached hydrogens (tertiary/aromatic N) is 4. The number of nitrogens with one attached hydrogen (secondary N) is 1. The lowest BCUT2D eigenvalue weighted by atomic mass is 10.2. The van der Waals surface area contributed by atoms with Crippen LogP contribution in [0.3, 0.4) is 0 Å². The lowest BCUT2D eigenvalue weighted by Crippen LogP contribution is -2.44. The highest BCUT2D eigenvalue weighted by atomic mass is 79.9. The Kier molecular flexibility index (Phi) is 5.19. The highest BCUT2D eigenvalue weighted by Crippen LogP contribution is 2.32. The van der Waals surface area contributed by atoms with E-state index in [2.05, 4.69) is 72.3 Å². The molecule has 0 atom stereocenters. The van der Waals surface area contributed by atoms with Crippen LogP contribution >= 0.6 is 27.3 Å². The average molecular weight is 430 g/mol. The van der Waals surface area contributed by atoms with Crippen LogP contribution in [0.2, 0.25) is 0 Å². The van der Waals surface area contributed by atoms with Crippen molar-refractivity contribution in [1.82, 2.24) is 14.9 Å². The molecule has 1 aromatic carbocycles. The van der Waals surface area contributed by atoms with Crippen LogP contribution in [0.1, 0.15) is 0 Å². The minimum Gasteiger partial charge on any atom is -0.369 e. The molecule has 0 saturated carbocycles. The van der Waals surface area contributed by atoms with Crippen molar-refractivity contribution in [1.29, 1.82) is 0 Å². The van der Waals surface area contributed by atoms with Crippen LogP contribution in [0, 0.1) is 0 Å². The smallest absolute Gasteiger partial charge is 0.188 e. The van der Waals surface area contributed by atoms with Crippen molar-refractivity contribution < 1.29 is 0 Å². The first-order valence-electron chi connectivity index (χ1n) is 8.56. The van der Waals surface area contributed by atoms with Gasteiger partial charge in [0.1, 0.15) is 5.82 Å². The Hall–Kier alpha value is -1.96. The molecule has 1 aliphatic rings. The number of piperazine rings is 1. The summed E-state index contributed by atoms with van der Waals surface area (Å²) >= 11 is 5.15. The largest absolute Gasteiger partial charge is 0.369 e. The van der Waals surface area contributed by atoms with Gasteiger partial charge in [-0.05, 0) is 30.8 Å². The number of hydrogen-bond donors (Lipinski definition) is 1.